The van der Waals surface area contributed by atoms with Crippen molar-refractivity contribution in [2.75, 3.05) is 23.3 Å². The van der Waals surface area contributed by atoms with Crippen molar-refractivity contribution in [3.8, 4) is 17.6 Å². The fourth-order valence-corrected chi connectivity index (χ4v) is 4.50. The Morgan fingerprint density at radius 2 is 1.94 bits per heavy atom. The Morgan fingerprint density at radius 3 is 2.59 bits per heavy atom. The number of carbonyl (C=O) groups is 1. The number of rotatable bonds is 5. The molecule has 5 rings (SSSR count). The summed E-state index contributed by atoms with van der Waals surface area (Å²) in [4.78, 5) is 23.5. The zero-order valence-corrected chi connectivity index (χ0v) is 18.2. The number of anilines is 2. The molecule has 1 aromatic carbocycles. The highest BCUT2D eigenvalue weighted by Crippen LogP contribution is 2.59. The molecule has 1 aliphatic carbocycles. The fourth-order valence-electron chi connectivity index (χ4n) is 4.50. The number of nitriles is 1. The number of amides is 1. The molecule has 1 atom stereocenters. The highest BCUT2D eigenvalue weighted by molar-refractivity contribution is 5.94. The third kappa shape index (κ3) is 4.39. The second-order valence-corrected chi connectivity index (χ2v) is 8.67. The first-order valence-corrected chi connectivity index (χ1v) is 11.0. The number of piperidine rings is 1. The van der Waals surface area contributed by atoms with E-state index < -0.39 is 11.6 Å². The number of nitrogens with zero attached hydrogens (tertiary/aromatic N) is 4. The van der Waals surface area contributed by atoms with Gasteiger partial charge in [0, 0.05) is 31.3 Å². The Labute approximate surface area is 195 Å². The molecule has 3 heterocycles. The van der Waals surface area contributed by atoms with Crippen LogP contribution in [0.15, 0.2) is 54.9 Å². The van der Waals surface area contributed by atoms with Gasteiger partial charge in [0.05, 0.1) is 11.8 Å². The van der Waals surface area contributed by atoms with Crippen LogP contribution in [0.3, 0.4) is 0 Å². The summed E-state index contributed by atoms with van der Waals surface area (Å²) in [7, 11) is 0. The van der Waals surface area contributed by atoms with Crippen LogP contribution in [-0.2, 0) is 4.79 Å². The van der Waals surface area contributed by atoms with Crippen LogP contribution in [0.1, 0.15) is 24.8 Å². The van der Waals surface area contributed by atoms with E-state index in [9.17, 15) is 13.6 Å². The van der Waals surface area contributed by atoms with E-state index >= 15 is 0 Å². The van der Waals surface area contributed by atoms with Crippen molar-refractivity contribution < 1.29 is 18.3 Å². The van der Waals surface area contributed by atoms with Gasteiger partial charge in [0.15, 0.2) is 11.6 Å². The lowest BCUT2D eigenvalue weighted by Gasteiger charge is -2.33. The SMILES string of the molecule is N#Cc1ccc(N2CCC3(CC2)CC3C(=O)Nc2ccc(Oc3ccc(F)cc3F)cn2)nc1. The molecule has 1 aliphatic heterocycles. The van der Waals surface area contributed by atoms with Gasteiger partial charge < -0.3 is 15.0 Å². The molecule has 1 spiro atoms. The Hall–Kier alpha value is -4.06. The molecule has 1 saturated carbocycles. The van der Waals surface area contributed by atoms with Crippen molar-refractivity contribution >= 4 is 17.5 Å². The second-order valence-electron chi connectivity index (χ2n) is 8.67. The molecule has 2 aromatic heterocycles. The lowest BCUT2D eigenvalue weighted by Crippen LogP contribution is -2.36. The van der Waals surface area contributed by atoms with Gasteiger partial charge >= 0.3 is 0 Å². The normalized spacial score (nSPS) is 18.3. The summed E-state index contributed by atoms with van der Waals surface area (Å²) in [6.07, 6.45) is 5.60. The third-order valence-corrected chi connectivity index (χ3v) is 6.58. The van der Waals surface area contributed by atoms with Crippen molar-refractivity contribution in [2.24, 2.45) is 11.3 Å². The predicted octanol–water partition coefficient (Wildman–Crippen LogP) is 4.66. The van der Waals surface area contributed by atoms with E-state index in [1.807, 2.05) is 6.07 Å². The van der Waals surface area contributed by atoms with E-state index in [0.717, 1.165) is 50.3 Å². The summed E-state index contributed by atoms with van der Waals surface area (Å²) in [5, 5.41) is 11.8. The van der Waals surface area contributed by atoms with E-state index in [2.05, 4.69) is 26.3 Å². The first-order valence-electron chi connectivity index (χ1n) is 11.0. The van der Waals surface area contributed by atoms with E-state index in [1.54, 1.807) is 24.4 Å². The van der Waals surface area contributed by atoms with Crippen molar-refractivity contribution in [1.82, 2.24) is 9.97 Å². The zero-order chi connectivity index (χ0) is 23.7. The van der Waals surface area contributed by atoms with Gasteiger partial charge in [0.2, 0.25) is 5.91 Å². The van der Waals surface area contributed by atoms with Gasteiger partial charge in [-0.1, -0.05) is 0 Å². The largest absolute Gasteiger partial charge is 0.453 e. The number of aromatic nitrogens is 2. The highest BCUT2D eigenvalue weighted by Gasteiger charge is 2.58. The molecule has 1 saturated heterocycles. The maximum atomic E-state index is 13.7. The standard InChI is InChI=1S/C25H21F2N5O2/c26-17-2-4-21(20(27)11-17)34-18-3-5-22(29-15-18)31-24(33)19-12-25(19)7-9-32(10-8-25)23-6-1-16(13-28)14-30-23/h1-6,11,14-15,19H,7-10,12H2,(H,29,31,33). The van der Waals surface area contributed by atoms with Crippen LogP contribution in [0, 0.1) is 34.3 Å². The second kappa shape index (κ2) is 8.71. The number of pyridine rings is 2. The topological polar surface area (TPSA) is 91.1 Å². The lowest BCUT2D eigenvalue weighted by atomic mass is 9.90. The molecule has 34 heavy (non-hydrogen) atoms. The predicted molar refractivity (Wildman–Crippen MR) is 120 cm³/mol. The summed E-state index contributed by atoms with van der Waals surface area (Å²) in [5.74, 6) is -0.212. The van der Waals surface area contributed by atoms with Crippen molar-refractivity contribution in [3.05, 3.63) is 72.1 Å². The molecular formula is C25H21F2N5O2. The number of benzene rings is 1. The number of hydrogen-bond donors (Lipinski definition) is 1. The molecule has 172 valence electrons. The summed E-state index contributed by atoms with van der Waals surface area (Å²) in [6.45, 7) is 1.62. The number of nitrogens with one attached hydrogen (secondary N) is 1. The van der Waals surface area contributed by atoms with Crippen LogP contribution in [0.2, 0.25) is 0 Å². The van der Waals surface area contributed by atoms with E-state index in [1.165, 1.54) is 12.3 Å². The van der Waals surface area contributed by atoms with Crippen LogP contribution in [0.5, 0.6) is 11.5 Å². The van der Waals surface area contributed by atoms with Crippen LogP contribution >= 0.6 is 0 Å². The Kier molecular flexibility index (Phi) is 5.57. The van der Waals surface area contributed by atoms with Crippen molar-refractivity contribution in [1.29, 1.82) is 5.26 Å². The summed E-state index contributed by atoms with van der Waals surface area (Å²) >= 11 is 0. The van der Waals surface area contributed by atoms with Gasteiger partial charge in [-0.2, -0.15) is 5.26 Å². The van der Waals surface area contributed by atoms with Crippen LogP contribution in [0.4, 0.5) is 20.4 Å². The van der Waals surface area contributed by atoms with Gasteiger partial charge in [0.1, 0.15) is 29.3 Å². The number of hydrogen-bond acceptors (Lipinski definition) is 6. The van der Waals surface area contributed by atoms with Crippen LogP contribution < -0.4 is 15.0 Å². The van der Waals surface area contributed by atoms with Gasteiger partial charge in [-0.05, 0) is 61.1 Å². The Balaban J connectivity index is 1.14. The van der Waals surface area contributed by atoms with E-state index in [-0.39, 0.29) is 28.7 Å². The number of ether oxygens (including phenoxy) is 1. The maximum Gasteiger partial charge on any atom is 0.229 e. The van der Waals surface area contributed by atoms with Crippen molar-refractivity contribution in [2.45, 2.75) is 19.3 Å². The third-order valence-electron chi connectivity index (χ3n) is 6.58. The molecule has 7 nitrogen and oxygen atoms in total. The molecule has 2 aliphatic rings. The summed E-state index contributed by atoms with van der Waals surface area (Å²) in [5.41, 5.74) is 0.545. The fraction of sp³-hybridized carbons (Fsp3) is 0.280. The van der Waals surface area contributed by atoms with Crippen molar-refractivity contribution in [3.63, 3.8) is 0 Å². The molecule has 1 unspecified atom stereocenters. The Morgan fingerprint density at radius 1 is 1.12 bits per heavy atom. The average Bonchev–Trinajstić information content (AvgIpc) is 3.56. The molecule has 1 amide bonds. The van der Waals surface area contributed by atoms with Gasteiger partial charge in [-0.25, -0.2) is 18.7 Å². The van der Waals surface area contributed by atoms with Gasteiger partial charge in [-0.15, -0.1) is 0 Å². The first-order chi connectivity index (χ1) is 16.5. The van der Waals surface area contributed by atoms with E-state index in [4.69, 9.17) is 10.00 Å². The van der Waals surface area contributed by atoms with Gasteiger partial charge in [0.25, 0.3) is 0 Å². The molecule has 0 bridgehead atoms. The molecule has 2 fully saturated rings. The number of carbonyl (C=O) groups excluding carboxylic acids is 1. The highest BCUT2D eigenvalue weighted by atomic mass is 19.1. The molecule has 9 heteroatoms. The van der Waals surface area contributed by atoms with Crippen LogP contribution in [0.25, 0.3) is 0 Å². The monoisotopic (exact) mass is 461 g/mol. The lowest BCUT2D eigenvalue weighted by molar-refractivity contribution is -0.118. The van der Waals surface area contributed by atoms with E-state index in [0.29, 0.717) is 11.4 Å². The maximum absolute atomic E-state index is 13.7. The quantitative estimate of drug-likeness (QED) is 0.594. The molecule has 3 aromatic rings. The molecule has 0 radical (unpaired) electrons. The minimum absolute atomic E-state index is 0.0103. The smallest absolute Gasteiger partial charge is 0.229 e. The summed E-state index contributed by atoms with van der Waals surface area (Å²) in [6, 6.07) is 11.9. The minimum atomic E-state index is -0.808. The van der Waals surface area contributed by atoms with Gasteiger partial charge in [-0.3, -0.25) is 4.79 Å². The first kappa shape index (κ1) is 21.8. The summed E-state index contributed by atoms with van der Waals surface area (Å²) < 4.78 is 32.2. The van der Waals surface area contributed by atoms with Crippen LogP contribution in [-0.4, -0.2) is 29.0 Å². The molecular weight excluding hydrogens is 440 g/mol. The molecule has 1 N–H and O–H groups in total. The minimum Gasteiger partial charge on any atom is -0.453 e. The zero-order valence-electron chi connectivity index (χ0n) is 18.2. The average molecular weight is 461 g/mol. The number of halogens is 2. The Bertz CT molecular complexity index is 1250.